The Bertz CT molecular complexity index is 641. The molecule has 1 aromatic heterocycles. The fraction of sp³-hybridized carbons (Fsp3) is 0.375. The van der Waals surface area contributed by atoms with Gasteiger partial charge in [-0.1, -0.05) is 0 Å². The molecule has 1 saturated heterocycles. The van der Waals surface area contributed by atoms with E-state index in [0.29, 0.717) is 11.7 Å². The molecule has 0 spiro atoms. The van der Waals surface area contributed by atoms with Crippen LogP contribution >= 0.6 is 0 Å². The van der Waals surface area contributed by atoms with Gasteiger partial charge >= 0.3 is 0 Å². The van der Waals surface area contributed by atoms with Crippen molar-refractivity contribution in [3.05, 3.63) is 42.5 Å². The number of amidine groups is 1. The average Bonchev–Trinajstić information content (AvgIpc) is 3.05. The molecule has 0 amide bonds. The van der Waals surface area contributed by atoms with Gasteiger partial charge in [0, 0.05) is 37.7 Å². The number of rotatable bonds is 4. The molecule has 6 nitrogen and oxygen atoms in total. The summed E-state index contributed by atoms with van der Waals surface area (Å²) in [6.07, 6.45) is 3.64. The first-order chi connectivity index (χ1) is 10.8. The highest BCUT2D eigenvalue weighted by molar-refractivity contribution is 5.96. The summed E-state index contributed by atoms with van der Waals surface area (Å²) in [5.41, 5.74) is 8.09. The number of benzene rings is 1. The van der Waals surface area contributed by atoms with Gasteiger partial charge in [-0.2, -0.15) is 0 Å². The molecule has 0 saturated carbocycles. The van der Waals surface area contributed by atoms with E-state index in [9.17, 15) is 0 Å². The average molecular weight is 299 g/mol. The molecule has 0 unspecified atom stereocenters. The van der Waals surface area contributed by atoms with Crippen LogP contribution in [0.3, 0.4) is 0 Å². The Hall–Kier alpha value is -2.34. The lowest BCUT2D eigenvalue weighted by Gasteiger charge is -2.28. The number of aromatic nitrogens is 2. The van der Waals surface area contributed by atoms with Crippen molar-refractivity contribution in [2.75, 3.05) is 31.2 Å². The zero-order chi connectivity index (χ0) is 15.4. The topological polar surface area (TPSA) is 68.7 Å². The normalized spacial score (nSPS) is 16.0. The first-order valence-electron chi connectivity index (χ1n) is 7.56. The van der Waals surface area contributed by atoms with Crippen LogP contribution in [0.25, 0.3) is 0 Å². The van der Waals surface area contributed by atoms with E-state index in [1.165, 1.54) is 5.69 Å². The van der Waals surface area contributed by atoms with E-state index >= 15 is 0 Å². The molecule has 0 bridgehead atoms. The lowest BCUT2D eigenvalue weighted by Crippen LogP contribution is -2.36. The van der Waals surface area contributed by atoms with Crippen LogP contribution in [0.2, 0.25) is 0 Å². The Morgan fingerprint density at radius 2 is 2.00 bits per heavy atom. The van der Waals surface area contributed by atoms with Crippen molar-refractivity contribution >= 4 is 17.2 Å². The molecule has 116 valence electrons. The van der Waals surface area contributed by atoms with Crippen LogP contribution in [-0.4, -0.2) is 41.7 Å². The number of nitrogens with zero attached hydrogens (tertiary/aromatic N) is 4. The number of aliphatic imine (C=N–C) groups is 1. The first kappa shape index (κ1) is 14.6. The second-order valence-electron chi connectivity index (χ2n) is 5.15. The van der Waals surface area contributed by atoms with Gasteiger partial charge in [0.1, 0.15) is 0 Å². The summed E-state index contributed by atoms with van der Waals surface area (Å²) >= 11 is 0. The number of nitrogens with two attached hydrogens (primary N) is 1. The maximum atomic E-state index is 6.07. The van der Waals surface area contributed by atoms with Crippen molar-refractivity contribution in [1.29, 1.82) is 0 Å². The predicted octanol–water partition coefficient (Wildman–Crippen LogP) is 1.78. The van der Waals surface area contributed by atoms with Crippen molar-refractivity contribution in [3.8, 4) is 0 Å². The summed E-state index contributed by atoms with van der Waals surface area (Å²) in [6.45, 7) is 6.30. The number of hydrogen-bond acceptors (Lipinski definition) is 4. The van der Waals surface area contributed by atoms with Crippen LogP contribution < -0.4 is 10.6 Å². The predicted molar refractivity (Wildman–Crippen MR) is 87.8 cm³/mol. The van der Waals surface area contributed by atoms with Crippen molar-refractivity contribution < 1.29 is 4.74 Å². The first-order valence-corrected chi connectivity index (χ1v) is 7.56. The van der Waals surface area contributed by atoms with Crippen LogP contribution in [0.5, 0.6) is 0 Å². The molecule has 22 heavy (non-hydrogen) atoms. The SMILES string of the molecule is CCn1ccnc1C(N)=Nc1ccc(N2CCOCC2)cc1. The van der Waals surface area contributed by atoms with Crippen molar-refractivity contribution in [3.63, 3.8) is 0 Å². The van der Waals surface area contributed by atoms with E-state index in [-0.39, 0.29) is 0 Å². The number of morpholine rings is 1. The zero-order valence-electron chi connectivity index (χ0n) is 12.8. The van der Waals surface area contributed by atoms with E-state index in [0.717, 1.165) is 38.5 Å². The molecule has 3 rings (SSSR count). The molecule has 2 N–H and O–H groups in total. The Morgan fingerprint density at radius 1 is 1.27 bits per heavy atom. The Kier molecular flexibility index (Phi) is 4.39. The summed E-state index contributed by atoms with van der Waals surface area (Å²) in [4.78, 5) is 11.0. The Balaban J connectivity index is 1.76. The Labute approximate surface area is 130 Å². The second kappa shape index (κ2) is 6.62. The van der Waals surface area contributed by atoms with Gasteiger partial charge in [0.15, 0.2) is 11.7 Å². The number of aryl methyl sites for hydroxylation is 1. The van der Waals surface area contributed by atoms with E-state index in [1.807, 2.05) is 22.9 Å². The van der Waals surface area contributed by atoms with Gasteiger partial charge in [-0.3, -0.25) is 0 Å². The van der Waals surface area contributed by atoms with Gasteiger partial charge in [-0.05, 0) is 31.2 Å². The van der Waals surface area contributed by atoms with Gasteiger partial charge in [-0.15, -0.1) is 0 Å². The van der Waals surface area contributed by atoms with Gasteiger partial charge in [-0.25, -0.2) is 9.98 Å². The van der Waals surface area contributed by atoms with Crippen LogP contribution in [0, 0.1) is 0 Å². The summed E-state index contributed by atoms with van der Waals surface area (Å²) in [6, 6.07) is 8.11. The van der Waals surface area contributed by atoms with Crippen molar-refractivity contribution in [2.45, 2.75) is 13.5 Å². The zero-order valence-corrected chi connectivity index (χ0v) is 12.8. The van der Waals surface area contributed by atoms with Crippen LogP contribution in [0.15, 0.2) is 41.7 Å². The molecule has 0 aliphatic carbocycles. The number of hydrogen-bond donors (Lipinski definition) is 1. The van der Waals surface area contributed by atoms with Gasteiger partial charge < -0.3 is 19.9 Å². The molecule has 2 aromatic rings. The minimum absolute atomic E-state index is 0.436. The van der Waals surface area contributed by atoms with Gasteiger partial charge in [0.05, 0.1) is 18.9 Å². The molecule has 1 aromatic carbocycles. The van der Waals surface area contributed by atoms with Crippen LogP contribution in [-0.2, 0) is 11.3 Å². The number of imidazole rings is 1. The molecule has 2 heterocycles. The van der Waals surface area contributed by atoms with Gasteiger partial charge in [0.25, 0.3) is 0 Å². The lowest BCUT2D eigenvalue weighted by atomic mass is 10.2. The Morgan fingerprint density at radius 3 is 2.68 bits per heavy atom. The molecular weight excluding hydrogens is 278 g/mol. The third-order valence-electron chi connectivity index (χ3n) is 3.76. The summed E-state index contributed by atoms with van der Waals surface area (Å²) in [7, 11) is 0. The molecule has 1 aliphatic rings. The largest absolute Gasteiger partial charge is 0.381 e. The quantitative estimate of drug-likeness (QED) is 0.690. The highest BCUT2D eigenvalue weighted by Gasteiger charge is 2.11. The smallest absolute Gasteiger partial charge is 0.175 e. The summed E-state index contributed by atoms with van der Waals surface area (Å²) in [5.74, 6) is 1.14. The fourth-order valence-electron chi connectivity index (χ4n) is 2.55. The standard InChI is InChI=1S/C16H21N5O/c1-2-20-8-7-18-16(20)15(17)19-13-3-5-14(6-4-13)21-9-11-22-12-10-21/h3-8H,2,9-12H2,1H3,(H2,17,19). The molecule has 1 fully saturated rings. The van der Waals surface area contributed by atoms with Crippen molar-refractivity contribution in [1.82, 2.24) is 9.55 Å². The molecular formula is C16H21N5O. The van der Waals surface area contributed by atoms with Crippen molar-refractivity contribution in [2.24, 2.45) is 10.7 Å². The minimum Gasteiger partial charge on any atom is -0.381 e. The third kappa shape index (κ3) is 3.12. The molecule has 0 radical (unpaired) electrons. The van der Waals surface area contributed by atoms with Crippen LogP contribution in [0.1, 0.15) is 12.7 Å². The van der Waals surface area contributed by atoms with Gasteiger partial charge in [0.2, 0.25) is 0 Å². The van der Waals surface area contributed by atoms with E-state index < -0.39 is 0 Å². The lowest BCUT2D eigenvalue weighted by molar-refractivity contribution is 0.122. The number of anilines is 1. The maximum absolute atomic E-state index is 6.07. The molecule has 6 heteroatoms. The highest BCUT2D eigenvalue weighted by atomic mass is 16.5. The summed E-state index contributed by atoms with van der Waals surface area (Å²) < 4.78 is 7.34. The minimum atomic E-state index is 0.436. The van der Waals surface area contributed by atoms with Crippen LogP contribution in [0.4, 0.5) is 11.4 Å². The summed E-state index contributed by atoms with van der Waals surface area (Å²) in [5, 5.41) is 0. The second-order valence-corrected chi connectivity index (χ2v) is 5.15. The van der Waals surface area contributed by atoms with E-state index in [1.54, 1.807) is 6.20 Å². The molecule has 0 atom stereocenters. The maximum Gasteiger partial charge on any atom is 0.175 e. The monoisotopic (exact) mass is 299 g/mol. The number of ether oxygens (including phenoxy) is 1. The third-order valence-corrected chi connectivity index (χ3v) is 3.76. The molecule has 1 aliphatic heterocycles. The fourth-order valence-corrected chi connectivity index (χ4v) is 2.55. The van der Waals surface area contributed by atoms with E-state index in [4.69, 9.17) is 10.5 Å². The van der Waals surface area contributed by atoms with E-state index in [2.05, 4.69) is 33.9 Å². The highest BCUT2D eigenvalue weighted by Crippen LogP contribution is 2.21.